The summed E-state index contributed by atoms with van der Waals surface area (Å²) in [6.45, 7) is 5.01. The van der Waals surface area contributed by atoms with Crippen molar-refractivity contribution in [1.29, 1.82) is 0 Å². The van der Waals surface area contributed by atoms with E-state index in [1.165, 1.54) is 16.7 Å². The van der Waals surface area contributed by atoms with Crippen molar-refractivity contribution in [2.75, 3.05) is 20.1 Å². The summed E-state index contributed by atoms with van der Waals surface area (Å²) >= 11 is 1.66. The zero-order valence-corrected chi connectivity index (χ0v) is 17.9. The van der Waals surface area contributed by atoms with E-state index in [1.54, 1.807) is 16.2 Å². The first-order valence-electron chi connectivity index (χ1n) is 9.78. The minimum atomic E-state index is -0.814. The van der Waals surface area contributed by atoms with Crippen molar-refractivity contribution in [1.82, 2.24) is 4.90 Å². The van der Waals surface area contributed by atoms with Crippen LogP contribution in [0.3, 0.4) is 0 Å². The second-order valence-corrected chi connectivity index (χ2v) is 8.35. The normalized spacial score (nSPS) is 12.0. The summed E-state index contributed by atoms with van der Waals surface area (Å²) in [7, 11) is 1.82. The molecule has 0 bridgehead atoms. The fraction of sp³-hybridized carbons (Fsp3) is 0.240. The Morgan fingerprint density at radius 3 is 2.14 bits per heavy atom. The molecule has 2 aromatic carbocycles. The van der Waals surface area contributed by atoms with Crippen molar-refractivity contribution >= 4 is 22.9 Å². The summed E-state index contributed by atoms with van der Waals surface area (Å²) in [5.74, 6) is -0.283. The molecule has 0 spiro atoms. The molecule has 3 rings (SSSR count). The van der Waals surface area contributed by atoms with Crippen LogP contribution in [0.2, 0.25) is 0 Å². The topological polar surface area (TPSA) is 40.5 Å². The molecule has 3 nitrogen and oxygen atoms in total. The summed E-state index contributed by atoms with van der Waals surface area (Å²) < 4.78 is 0. The second kappa shape index (κ2) is 9.68. The van der Waals surface area contributed by atoms with Crippen LogP contribution in [-0.2, 0) is 4.79 Å². The van der Waals surface area contributed by atoms with Crippen LogP contribution >= 0.6 is 11.3 Å². The Morgan fingerprint density at radius 1 is 1.00 bits per heavy atom. The second-order valence-electron chi connectivity index (χ2n) is 7.57. The van der Waals surface area contributed by atoms with Gasteiger partial charge in [0.2, 0.25) is 0 Å². The summed E-state index contributed by atoms with van der Waals surface area (Å²) in [5.41, 5.74) is 7.17. The van der Waals surface area contributed by atoms with Gasteiger partial charge in [0.25, 0.3) is 0 Å². The van der Waals surface area contributed by atoms with E-state index in [1.807, 2.05) is 7.05 Å². The molecule has 3 aromatic rings. The van der Waals surface area contributed by atoms with Crippen molar-refractivity contribution in [2.45, 2.75) is 19.8 Å². The Bertz CT molecular complexity index is 955. The van der Waals surface area contributed by atoms with Crippen LogP contribution in [0.15, 0.2) is 71.4 Å². The van der Waals surface area contributed by atoms with Crippen LogP contribution in [0.25, 0.3) is 16.7 Å². The van der Waals surface area contributed by atoms with Crippen LogP contribution in [0, 0.1) is 0 Å². The molecular formula is C25H27NO2S. The van der Waals surface area contributed by atoms with E-state index in [-0.39, 0.29) is 6.54 Å². The molecule has 0 radical (unpaired) electrons. The number of hydrogen-bond acceptors (Lipinski definition) is 3. The summed E-state index contributed by atoms with van der Waals surface area (Å²) in [4.78, 5) is 12.7. The van der Waals surface area contributed by atoms with E-state index >= 15 is 0 Å². The Kier molecular flexibility index (Phi) is 7.02. The molecule has 0 unspecified atom stereocenters. The molecule has 0 aliphatic heterocycles. The molecular weight excluding hydrogens is 378 g/mol. The number of aliphatic carboxylic acids is 1. The van der Waals surface area contributed by atoms with Gasteiger partial charge in [0, 0.05) is 6.54 Å². The number of benzene rings is 2. The first-order chi connectivity index (χ1) is 13.9. The highest BCUT2D eigenvalue weighted by molar-refractivity contribution is 7.08. The predicted molar refractivity (Wildman–Crippen MR) is 122 cm³/mol. The lowest BCUT2D eigenvalue weighted by molar-refractivity contribution is -0.137. The minimum Gasteiger partial charge on any atom is -0.480 e. The molecule has 1 heterocycles. The van der Waals surface area contributed by atoms with Crippen molar-refractivity contribution in [3.8, 4) is 11.1 Å². The van der Waals surface area contributed by atoms with Gasteiger partial charge in [-0.15, -0.1) is 0 Å². The summed E-state index contributed by atoms with van der Waals surface area (Å²) in [5, 5.41) is 13.2. The third-order valence-corrected chi connectivity index (χ3v) is 5.63. The molecule has 150 valence electrons. The number of carboxylic acids is 1. The standard InChI is InChI=1S/C25H27NO2S/c1-18(2)19-4-6-20(7-5-19)21-8-10-22(11-9-21)24(23-13-15-29-17-23)12-14-26(3)16-25(27)28/h4-13,15,17-18H,14,16H2,1-3H3,(H,27,28). The average molecular weight is 406 g/mol. The van der Waals surface area contributed by atoms with Gasteiger partial charge in [-0.3, -0.25) is 9.69 Å². The smallest absolute Gasteiger partial charge is 0.317 e. The molecule has 29 heavy (non-hydrogen) atoms. The Morgan fingerprint density at radius 2 is 1.62 bits per heavy atom. The number of nitrogens with zero attached hydrogens (tertiary/aromatic N) is 1. The Balaban J connectivity index is 1.84. The van der Waals surface area contributed by atoms with E-state index in [0.717, 1.165) is 16.7 Å². The van der Waals surface area contributed by atoms with Crippen molar-refractivity contribution in [3.05, 3.63) is 88.1 Å². The number of hydrogen-bond donors (Lipinski definition) is 1. The lowest BCUT2D eigenvalue weighted by Gasteiger charge is -2.14. The molecule has 4 heteroatoms. The molecule has 0 amide bonds. The third-order valence-electron chi connectivity index (χ3n) is 4.95. The monoisotopic (exact) mass is 405 g/mol. The van der Waals surface area contributed by atoms with Crippen molar-refractivity contribution < 1.29 is 9.90 Å². The molecule has 0 saturated carbocycles. The van der Waals surface area contributed by atoms with E-state index in [2.05, 4.69) is 85.3 Å². The van der Waals surface area contributed by atoms with Gasteiger partial charge in [0.1, 0.15) is 0 Å². The number of thiophene rings is 1. The van der Waals surface area contributed by atoms with Crippen LogP contribution in [0.1, 0.15) is 36.5 Å². The van der Waals surface area contributed by atoms with Gasteiger partial charge in [0.05, 0.1) is 6.54 Å². The van der Waals surface area contributed by atoms with Crippen LogP contribution < -0.4 is 0 Å². The van der Waals surface area contributed by atoms with Gasteiger partial charge < -0.3 is 5.11 Å². The lowest BCUT2D eigenvalue weighted by Crippen LogP contribution is -2.25. The molecule has 1 N–H and O–H groups in total. The largest absolute Gasteiger partial charge is 0.480 e. The van der Waals surface area contributed by atoms with Gasteiger partial charge in [-0.2, -0.15) is 11.3 Å². The number of rotatable bonds is 8. The zero-order valence-electron chi connectivity index (χ0n) is 17.1. The van der Waals surface area contributed by atoms with Crippen LogP contribution in [0.5, 0.6) is 0 Å². The van der Waals surface area contributed by atoms with Gasteiger partial charge in [-0.05, 0) is 63.2 Å². The maximum atomic E-state index is 10.9. The Labute approximate surface area is 176 Å². The fourth-order valence-electron chi connectivity index (χ4n) is 3.27. The molecule has 1 aromatic heterocycles. The molecule has 0 aliphatic carbocycles. The Hall–Kier alpha value is -2.69. The maximum absolute atomic E-state index is 10.9. The van der Waals surface area contributed by atoms with Crippen molar-refractivity contribution in [3.63, 3.8) is 0 Å². The third kappa shape index (κ3) is 5.66. The molecule has 0 atom stereocenters. The zero-order chi connectivity index (χ0) is 20.8. The highest BCUT2D eigenvalue weighted by atomic mass is 32.1. The highest BCUT2D eigenvalue weighted by Crippen LogP contribution is 2.28. The summed E-state index contributed by atoms with van der Waals surface area (Å²) in [6, 6.07) is 19.5. The van der Waals surface area contributed by atoms with Gasteiger partial charge >= 0.3 is 5.97 Å². The van der Waals surface area contributed by atoms with E-state index in [4.69, 9.17) is 5.11 Å². The van der Waals surface area contributed by atoms with Crippen LogP contribution in [-0.4, -0.2) is 36.1 Å². The van der Waals surface area contributed by atoms with Gasteiger partial charge in [-0.1, -0.05) is 68.5 Å². The lowest BCUT2D eigenvalue weighted by atomic mass is 9.95. The predicted octanol–water partition coefficient (Wildman–Crippen LogP) is 5.99. The van der Waals surface area contributed by atoms with E-state index in [0.29, 0.717) is 12.5 Å². The highest BCUT2D eigenvalue weighted by Gasteiger charge is 2.09. The molecule has 0 saturated heterocycles. The van der Waals surface area contributed by atoms with Crippen LogP contribution in [0.4, 0.5) is 0 Å². The fourth-order valence-corrected chi connectivity index (χ4v) is 3.92. The SMILES string of the molecule is CC(C)c1ccc(-c2ccc(C(=CCN(C)CC(=O)O)c3ccsc3)cc2)cc1. The maximum Gasteiger partial charge on any atom is 0.317 e. The quantitative estimate of drug-likeness (QED) is 0.501. The molecule has 0 aliphatic rings. The number of carbonyl (C=O) groups is 1. The van der Waals surface area contributed by atoms with Gasteiger partial charge in [0.15, 0.2) is 0 Å². The first kappa shape index (κ1) is 21.0. The summed E-state index contributed by atoms with van der Waals surface area (Å²) in [6.07, 6.45) is 2.11. The van der Waals surface area contributed by atoms with E-state index in [9.17, 15) is 4.79 Å². The molecule has 0 fully saturated rings. The van der Waals surface area contributed by atoms with Crippen molar-refractivity contribution in [2.24, 2.45) is 0 Å². The number of likely N-dealkylation sites (N-methyl/N-ethyl adjacent to an activating group) is 1. The first-order valence-corrected chi connectivity index (χ1v) is 10.7. The van der Waals surface area contributed by atoms with Gasteiger partial charge in [-0.25, -0.2) is 0 Å². The number of carboxylic acid groups (broad SMARTS) is 1. The minimum absolute atomic E-state index is 0.0265. The van der Waals surface area contributed by atoms with E-state index < -0.39 is 5.97 Å². The average Bonchev–Trinajstić information content (AvgIpc) is 3.23.